The average molecular weight is 691 g/mol. The molecule has 1 aliphatic rings. The zero-order valence-corrected chi connectivity index (χ0v) is 26.6. The molecule has 4 aromatic rings. The van der Waals surface area contributed by atoms with Crippen molar-refractivity contribution in [1.82, 2.24) is 0 Å². The van der Waals surface area contributed by atoms with Gasteiger partial charge < -0.3 is 14.2 Å². The minimum absolute atomic E-state index is 0.0277. The molecule has 1 fully saturated rings. The van der Waals surface area contributed by atoms with Gasteiger partial charge in [-0.2, -0.15) is 8.78 Å². The van der Waals surface area contributed by atoms with Crippen molar-refractivity contribution in [3.8, 4) is 28.0 Å². The highest BCUT2D eigenvalue weighted by molar-refractivity contribution is 5.72. The second kappa shape index (κ2) is 16.0. The van der Waals surface area contributed by atoms with E-state index in [1.807, 2.05) is 0 Å². The molecule has 0 atom stereocenters. The highest BCUT2D eigenvalue weighted by atomic mass is 19.3. The van der Waals surface area contributed by atoms with Gasteiger partial charge in [0.2, 0.25) is 0 Å². The van der Waals surface area contributed by atoms with Gasteiger partial charge in [0.1, 0.15) is 23.2 Å². The van der Waals surface area contributed by atoms with Crippen LogP contribution < -0.4 is 4.74 Å². The molecule has 5 rings (SSSR count). The highest BCUT2D eigenvalue weighted by Crippen LogP contribution is 2.36. The molecular formula is C38H34F8O3. The van der Waals surface area contributed by atoms with E-state index in [0.29, 0.717) is 55.7 Å². The molecule has 11 heteroatoms. The molecule has 0 amide bonds. The summed E-state index contributed by atoms with van der Waals surface area (Å²) in [5, 5.41) is 0. The minimum Gasteiger partial charge on any atom is -0.429 e. The normalized spacial score (nSPS) is 16.8. The lowest BCUT2D eigenvalue weighted by Gasteiger charge is -2.29. The van der Waals surface area contributed by atoms with Crippen molar-refractivity contribution in [3.05, 3.63) is 119 Å². The van der Waals surface area contributed by atoms with Gasteiger partial charge in [0.15, 0.2) is 23.7 Å². The van der Waals surface area contributed by atoms with Gasteiger partial charge in [-0.15, -0.1) is 0 Å². The number of rotatable bonds is 13. The molecule has 0 aromatic heterocycles. The number of unbranched alkanes of at least 4 members (excludes halogenated alkanes) is 2. The SMILES string of the molecule is CCCCCC1COC(CCC=Cc2ccc(C(F)(F)Oc3ccc(-c4ccc(-c5cc(F)c(F)c(F)c5)c(F)c4)c(F)c3)c(F)c2)OC1. The molecule has 0 N–H and O–H groups in total. The molecule has 0 radical (unpaired) electrons. The second-order valence-corrected chi connectivity index (χ2v) is 11.9. The van der Waals surface area contributed by atoms with Gasteiger partial charge in [-0.3, -0.25) is 0 Å². The Hall–Kier alpha value is -4.22. The maximum Gasteiger partial charge on any atom is 0.429 e. The van der Waals surface area contributed by atoms with Crippen LogP contribution in [0.1, 0.15) is 56.6 Å². The monoisotopic (exact) mass is 690 g/mol. The van der Waals surface area contributed by atoms with Crippen LogP contribution in [0.2, 0.25) is 0 Å². The number of benzene rings is 4. The maximum absolute atomic E-state index is 15.0. The fourth-order valence-electron chi connectivity index (χ4n) is 5.55. The first-order valence-electron chi connectivity index (χ1n) is 16.0. The fourth-order valence-corrected chi connectivity index (χ4v) is 5.55. The largest absolute Gasteiger partial charge is 0.429 e. The lowest BCUT2D eigenvalue weighted by atomic mass is 9.99. The van der Waals surface area contributed by atoms with Gasteiger partial charge >= 0.3 is 6.11 Å². The first-order chi connectivity index (χ1) is 23.4. The zero-order chi connectivity index (χ0) is 35.1. The zero-order valence-electron chi connectivity index (χ0n) is 26.6. The molecule has 1 heterocycles. The Labute approximate surface area is 279 Å². The molecule has 49 heavy (non-hydrogen) atoms. The van der Waals surface area contributed by atoms with Crippen LogP contribution in [0.5, 0.6) is 5.75 Å². The molecule has 4 aromatic carbocycles. The van der Waals surface area contributed by atoms with E-state index < -0.39 is 52.3 Å². The highest BCUT2D eigenvalue weighted by Gasteiger charge is 2.38. The van der Waals surface area contributed by atoms with Gasteiger partial charge in [0.05, 0.1) is 18.8 Å². The minimum atomic E-state index is -4.17. The lowest BCUT2D eigenvalue weighted by molar-refractivity contribution is -0.203. The maximum atomic E-state index is 15.0. The Morgan fingerprint density at radius 3 is 2.02 bits per heavy atom. The number of alkyl halides is 2. The summed E-state index contributed by atoms with van der Waals surface area (Å²) in [5.41, 5.74) is -1.50. The molecule has 0 unspecified atom stereocenters. The van der Waals surface area contributed by atoms with Gasteiger partial charge in [-0.25, -0.2) is 26.3 Å². The van der Waals surface area contributed by atoms with Gasteiger partial charge in [0, 0.05) is 29.5 Å². The van der Waals surface area contributed by atoms with Gasteiger partial charge in [-0.05, 0) is 72.0 Å². The second-order valence-electron chi connectivity index (χ2n) is 11.9. The van der Waals surface area contributed by atoms with E-state index in [0.717, 1.165) is 55.7 Å². The van der Waals surface area contributed by atoms with Crippen LogP contribution in [-0.4, -0.2) is 19.5 Å². The van der Waals surface area contributed by atoms with Crippen molar-refractivity contribution in [1.29, 1.82) is 0 Å². The molecule has 0 spiro atoms. The molecular weight excluding hydrogens is 656 g/mol. The van der Waals surface area contributed by atoms with E-state index in [1.165, 1.54) is 18.6 Å². The van der Waals surface area contributed by atoms with E-state index in [-0.39, 0.29) is 28.5 Å². The Kier molecular flexibility index (Phi) is 11.8. The molecule has 0 saturated carbocycles. The number of hydrogen-bond acceptors (Lipinski definition) is 3. The van der Waals surface area contributed by atoms with Gasteiger partial charge in [0.25, 0.3) is 0 Å². The van der Waals surface area contributed by atoms with Crippen LogP contribution in [0.3, 0.4) is 0 Å². The van der Waals surface area contributed by atoms with E-state index in [4.69, 9.17) is 9.47 Å². The Bertz CT molecular complexity index is 1760. The van der Waals surface area contributed by atoms with Crippen molar-refractivity contribution < 1.29 is 49.3 Å². The third-order valence-electron chi connectivity index (χ3n) is 8.20. The number of allylic oxidation sites excluding steroid dienone is 1. The summed E-state index contributed by atoms with van der Waals surface area (Å²) in [6, 6.07) is 10.3. The fraction of sp³-hybridized carbons (Fsp3) is 0.316. The number of hydrogen-bond donors (Lipinski definition) is 0. The Morgan fingerprint density at radius 1 is 0.714 bits per heavy atom. The number of halogens is 8. The summed E-state index contributed by atoms with van der Waals surface area (Å²) in [6.45, 7) is 3.46. The predicted octanol–water partition coefficient (Wildman–Crippen LogP) is 11.3. The van der Waals surface area contributed by atoms with Crippen molar-refractivity contribution >= 4 is 6.08 Å². The van der Waals surface area contributed by atoms with Crippen LogP contribution in [0.15, 0.2) is 72.8 Å². The summed E-state index contributed by atoms with van der Waals surface area (Å²) in [7, 11) is 0. The molecule has 1 saturated heterocycles. The van der Waals surface area contributed by atoms with E-state index in [2.05, 4.69) is 11.7 Å². The quantitative estimate of drug-likeness (QED) is 0.0794. The van der Waals surface area contributed by atoms with Crippen molar-refractivity contribution in [3.63, 3.8) is 0 Å². The summed E-state index contributed by atoms with van der Waals surface area (Å²) in [4.78, 5) is 0. The van der Waals surface area contributed by atoms with Crippen LogP contribution in [0, 0.1) is 40.8 Å². The van der Waals surface area contributed by atoms with Crippen LogP contribution in [-0.2, 0) is 15.6 Å². The third kappa shape index (κ3) is 9.07. The average Bonchev–Trinajstić information content (AvgIpc) is 3.06. The molecule has 1 aliphatic heterocycles. The van der Waals surface area contributed by atoms with E-state index in [1.54, 1.807) is 12.2 Å². The summed E-state index contributed by atoms with van der Waals surface area (Å²) in [6.07, 6.45) is 4.62. The topological polar surface area (TPSA) is 27.7 Å². The lowest BCUT2D eigenvalue weighted by Crippen LogP contribution is -2.31. The predicted molar refractivity (Wildman–Crippen MR) is 170 cm³/mol. The molecule has 260 valence electrons. The summed E-state index contributed by atoms with van der Waals surface area (Å²) in [5.74, 6) is -8.24. The Morgan fingerprint density at radius 2 is 1.37 bits per heavy atom. The third-order valence-corrected chi connectivity index (χ3v) is 8.20. The number of ether oxygens (including phenoxy) is 3. The molecule has 3 nitrogen and oxygen atoms in total. The molecule has 0 aliphatic carbocycles. The molecule has 0 bridgehead atoms. The summed E-state index contributed by atoms with van der Waals surface area (Å²) >= 11 is 0. The Balaban J connectivity index is 1.18. The van der Waals surface area contributed by atoms with Crippen molar-refractivity contribution in [2.45, 2.75) is 57.8 Å². The van der Waals surface area contributed by atoms with Crippen molar-refractivity contribution in [2.75, 3.05) is 13.2 Å². The van der Waals surface area contributed by atoms with Crippen LogP contribution in [0.4, 0.5) is 35.1 Å². The first-order valence-corrected chi connectivity index (χ1v) is 16.0. The van der Waals surface area contributed by atoms with E-state index >= 15 is 4.39 Å². The van der Waals surface area contributed by atoms with Crippen LogP contribution in [0.25, 0.3) is 28.3 Å². The summed E-state index contributed by atoms with van der Waals surface area (Å²) < 4.78 is 131. The van der Waals surface area contributed by atoms with E-state index in [9.17, 15) is 30.7 Å². The van der Waals surface area contributed by atoms with Gasteiger partial charge in [-0.1, -0.05) is 56.5 Å². The standard InChI is InChI=1S/C38H34F8O3/c1-2-3-4-8-24-21-47-36(48-22-24)9-6-5-7-23-10-15-30(33(41)16-23)38(45,46)49-27-12-14-28(32(40)20-27)25-11-13-29(31(39)17-25)26-18-34(42)37(44)35(43)19-26/h5,7,10-20,24,36H,2-4,6,8-9,21-22H2,1H3. The smallest absolute Gasteiger partial charge is 0.429 e. The van der Waals surface area contributed by atoms with Crippen LogP contribution >= 0.6 is 0 Å². The first kappa shape index (κ1) is 36.1. The van der Waals surface area contributed by atoms with Crippen molar-refractivity contribution in [2.24, 2.45) is 5.92 Å².